The maximum atomic E-state index is 12.4. The molecule has 0 saturated heterocycles. The van der Waals surface area contributed by atoms with Crippen molar-refractivity contribution in [3.8, 4) is 5.75 Å². The number of carbonyl (C=O) groups excluding carboxylic acids is 2. The highest BCUT2D eigenvalue weighted by molar-refractivity contribution is 9.10. The Morgan fingerprint density at radius 1 is 1.04 bits per heavy atom. The van der Waals surface area contributed by atoms with Gasteiger partial charge in [0, 0.05) is 23.0 Å². The minimum Gasteiger partial charge on any atom is -0.497 e. The van der Waals surface area contributed by atoms with Crippen LogP contribution in [0.3, 0.4) is 0 Å². The molecule has 0 fully saturated rings. The summed E-state index contributed by atoms with van der Waals surface area (Å²) in [6, 6.07) is 12.0. The van der Waals surface area contributed by atoms with Crippen molar-refractivity contribution in [1.82, 2.24) is 0 Å². The minimum atomic E-state index is -0.291. The first-order valence-corrected chi connectivity index (χ1v) is 7.86. The normalized spacial score (nSPS) is 10.1. The number of benzene rings is 2. The SMILES string of the molecule is COCC(=O)Nc1cccc(NC(=O)c2cc(OC)ccc2Br)c1. The van der Waals surface area contributed by atoms with Crippen LogP contribution in [-0.2, 0) is 9.53 Å². The van der Waals surface area contributed by atoms with Crippen molar-refractivity contribution in [2.24, 2.45) is 0 Å². The van der Waals surface area contributed by atoms with Gasteiger partial charge in [0.25, 0.3) is 5.91 Å². The van der Waals surface area contributed by atoms with Crippen LogP contribution in [0.25, 0.3) is 0 Å². The lowest BCUT2D eigenvalue weighted by Crippen LogP contribution is -2.17. The molecule has 2 aromatic rings. The largest absolute Gasteiger partial charge is 0.497 e. The van der Waals surface area contributed by atoms with Crippen LogP contribution >= 0.6 is 15.9 Å². The van der Waals surface area contributed by atoms with Crippen molar-refractivity contribution in [2.75, 3.05) is 31.5 Å². The summed E-state index contributed by atoms with van der Waals surface area (Å²) in [5, 5.41) is 5.47. The molecule has 0 spiro atoms. The second kappa shape index (κ2) is 8.47. The quantitative estimate of drug-likeness (QED) is 0.790. The number of amides is 2. The molecule has 0 unspecified atom stereocenters. The van der Waals surface area contributed by atoms with Crippen LogP contribution in [0.4, 0.5) is 11.4 Å². The Bertz CT molecular complexity index is 749. The van der Waals surface area contributed by atoms with Crippen LogP contribution in [0.15, 0.2) is 46.9 Å². The highest BCUT2D eigenvalue weighted by Gasteiger charge is 2.12. The third kappa shape index (κ3) is 4.81. The molecule has 2 aromatic carbocycles. The van der Waals surface area contributed by atoms with E-state index in [0.717, 1.165) is 0 Å². The zero-order valence-corrected chi connectivity index (χ0v) is 14.8. The van der Waals surface area contributed by atoms with E-state index in [0.29, 0.717) is 27.2 Å². The highest BCUT2D eigenvalue weighted by atomic mass is 79.9. The van der Waals surface area contributed by atoms with E-state index in [-0.39, 0.29) is 18.4 Å². The van der Waals surface area contributed by atoms with E-state index < -0.39 is 0 Å². The highest BCUT2D eigenvalue weighted by Crippen LogP contribution is 2.24. The molecule has 24 heavy (non-hydrogen) atoms. The first kappa shape index (κ1) is 18.0. The predicted molar refractivity (Wildman–Crippen MR) is 95.6 cm³/mol. The maximum Gasteiger partial charge on any atom is 0.256 e. The van der Waals surface area contributed by atoms with Gasteiger partial charge in [0.05, 0.1) is 12.7 Å². The number of anilines is 2. The van der Waals surface area contributed by atoms with Gasteiger partial charge in [-0.1, -0.05) is 6.07 Å². The zero-order valence-electron chi connectivity index (χ0n) is 13.3. The van der Waals surface area contributed by atoms with Gasteiger partial charge in [-0.05, 0) is 52.3 Å². The maximum absolute atomic E-state index is 12.4. The molecule has 126 valence electrons. The number of carbonyl (C=O) groups is 2. The molecule has 2 amide bonds. The summed E-state index contributed by atoms with van der Waals surface area (Å²) >= 11 is 3.35. The van der Waals surface area contributed by atoms with E-state index in [1.807, 2.05) is 0 Å². The van der Waals surface area contributed by atoms with E-state index in [1.165, 1.54) is 14.2 Å². The van der Waals surface area contributed by atoms with Gasteiger partial charge in [-0.3, -0.25) is 9.59 Å². The standard InChI is InChI=1S/C17H17BrN2O4/c1-23-10-16(21)19-11-4-3-5-12(8-11)20-17(22)14-9-13(24-2)6-7-15(14)18/h3-9H,10H2,1-2H3,(H,19,21)(H,20,22). The molecular formula is C17H17BrN2O4. The number of methoxy groups -OCH3 is 2. The molecular weight excluding hydrogens is 376 g/mol. The molecule has 6 nitrogen and oxygen atoms in total. The lowest BCUT2D eigenvalue weighted by atomic mass is 10.2. The Kier molecular flexibility index (Phi) is 6.34. The van der Waals surface area contributed by atoms with Crippen LogP contribution in [0.1, 0.15) is 10.4 Å². The van der Waals surface area contributed by atoms with Gasteiger partial charge in [-0.25, -0.2) is 0 Å². The minimum absolute atomic E-state index is 0.0344. The van der Waals surface area contributed by atoms with Gasteiger partial charge in [0.2, 0.25) is 5.91 Å². The van der Waals surface area contributed by atoms with Crippen LogP contribution in [0, 0.1) is 0 Å². The third-order valence-corrected chi connectivity index (χ3v) is 3.79. The Morgan fingerprint density at radius 2 is 1.75 bits per heavy atom. The Balaban J connectivity index is 2.13. The molecule has 7 heteroatoms. The van der Waals surface area contributed by atoms with Crippen molar-refractivity contribution < 1.29 is 19.1 Å². The molecule has 0 aromatic heterocycles. The fourth-order valence-corrected chi connectivity index (χ4v) is 2.43. The van der Waals surface area contributed by atoms with Crippen LogP contribution in [0.2, 0.25) is 0 Å². The number of hydrogen-bond acceptors (Lipinski definition) is 4. The number of halogens is 1. The number of hydrogen-bond donors (Lipinski definition) is 2. The molecule has 2 N–H and O–H groups in total. The van der Waals surface area contributed by atoms with E-state index >= 15 is 0 Å². The molecule has 0 bridgehead atoms. The average molecular weight is 393 g/mol. The summed E-state index contributed by atoms with van der Waals surface area (Å²) < 4.78 is 10.6. The average Bonchev–Trinajstić information content (AvgIpc) is 2.55. The number of nitrogens with one attached hydrogen (secondary N) is 2. The molecule has 0 aliphatic heterocycles. The van der Waals surface area contributed by atoms with Crippen LogP contribution in [0.5, 0.6) is 5.75 Å². The number of ether oxygens (including phenoxy) is 2. The first-order valence-electron chi connectivity index (χ1n) is 7.07. The molecule has 0 heterocycles. The zero-order chi connectivity index (χ0) is 17.5. The van der Waals surface area contributed by atoms with E-state index in [1.54, 1.807) is 42.5 Å². The summed E-state index contributed by atoms with van der Waals surface area (Å²) in [4.78, 5) is 24.0. The first-order chi connectivity index (χ1) is 11.5. The molecule has 0 aliphatic carbocycles. The lowest BCUT2D eigenvalue weighted by molar-refractivity contribution is -0.119. The van der Waals surface area contributed by atoms with Gasteiger partial charge in [-0.2, -0.15) is 0 Å². The Labute approximate surface area is 148 Å². The van der Waals surface area contributed by atoms with Gasteiger partial charge in [0.1, 0.15) is 12.4 Å². The summed E-state index contributed by atoms with van der Waals surface area (Å²) in [6.07, 6.45) is 0. The van der Waals surface area contributed by atoms with E-state index in [2.05, 4.69) is 26.6 Å². The van der Waals surface area contributed by atoms with E-state index in [4.69, 9.17) is 9.47 Å². The van der Waals surface area contributed by atoms with Crippen molar-refractivity contribution in [1.29, 1.82) is 0 Å². The third-order valence-electron chi connectivity index (χ3n) is 3.10. The number of rotatable bonds is 6. The summed E-state index contributed by atoms with van der Waals surface area (Å²) in [5.74, 6) is 0.0292. The van der Waals surface area contributed by atoms with Crippen molar-refractivity contribution >= 4 is 39.1 Å². The smallest absolute Gasteiger partial charge is 0.256 e. The van der Waals surface area contributed by atoms with Crippen molar-refractivity contribution in [2.45, 2.75) is 0 Å². The van der Waals surface area contributed by atoms with Crippen LogP contribution < -0.4 is 15.4 Å². The topological polar surface area (TPSA) is 76.7 Å². The Morgan fingerprint density at radius 3 is 2.42 bits per heavy atom. The second-order valence-electron chi connectivity index (χ2n) is 4.86. The molecule has 0 atom stereocenters. The summed E-state index contributed by atoms with van der Waals surface area (Å²) in [6.45, 7) is -0.0344. The lowest BCUT2D eigenvalue weighted by Gasteiger charge is -2.10. The second-order valence-corrected chi connectivity index (χ2v) is 5.72. The molecule has 0 aliphatic rings. The van der Waals surface area contributed by atoms with E-state index in [9.17, 15) is 9.59 Å². The van der Waals surface area contributed by atoms with Gasteiger partial charge >= 0.3 is 0 Å². The van der Waals surface area contributed by atoms with Gasteiger partial charge < -0.3 is 20.1 Å². The fraction of sp³-hybridized carbons (Fsp3) is 0.176. The van der Waals surface area contributed by atoms with Gasteiger partial charge in [0.15, 0.2) is 0 Å². The summed E-state index contributed by atoms with van der Waals surface area (Å²) in [5.41, 5.74) is 1.58. The van der Waals surface area contributed by atoms with Crippen molar-refractivity contribution in [3.63, 3.8) is 0 Å². The monoisotopic (exact) mass is 392 g/mol. The molecule has 0 saturated carbocycles. The summed E-state index contributed by atoms with van der Waals surface area (Å²) in [7, 11) is 2.99. The van der Waals surface area contributed by atoms with Crippen molar-refractivity contribution in [3.05, 3.63) is 52.5 Å². The Hall–Kier alpha value is -2.38. The molecule has 2 rings (SSSR count). The fourth-order valence-electron chi connectivity index (χ4n) is 2.01. The molecule has 0 radical (unpaired) electrons. The van der Waals surface area contributed by atoms with Gasteiger partial charge in [-0.15, -0.1) is 0 Å². The van der Waals surface area contributed by atoms with Crippen LogP contribution in [-0.4, -0.2) is 32.6 Å². The predicted octanol–water partition coefficient (Wildman–Crippen LogP) is 3.29.